The van der Waals surface area contributed by atoms with Crippen LogP contribution in [0.3, 0.4) is 0 Å². The Morgan fingerprint density at radius 2 is 2.42 bits per heavy atom. The molecule has 0 saturated carbocycles. The smallest absolute Gasteiger partial charge is 0.437 e. The topological polar surface area (TPSA) is 79.4 Å². The molecule has 6 nitrogen and oxygen atoms in total. The van der Waals surface area contributed by atoms with Crippen molar-refractivity contribution in [3.05, 3.63) is 6.07 Å². The lowest BCUT2D eigenvalue weighted by Crippen LogP contribution is -2.09. The maximum atomic E-state index is 10.6. The number of hydrogen-bond donors (Lipinski definition) is 1. The van der Waals surface area contributed by atoms with Gasteiger partial charge >= 0.3 is 6.16 Å². The summed E-state index contributed by atoms with van der Waals surface area (Å²) in [5.41, 5.74) is 5.33. The van der Waals surface area contributed by atoms with Crippen molar-refractivity contribution in [2.75, 3.05) is 12.8 Å². The molecular formula is C6H9N3O3. The third-order valence-electron chi connectivity index (χ3n) is 1.21. The van der Waals surface area contributed by atoms with Crippen LogP contribution >= 0.6 is 0 Å². The van der Waals surface area contributed by atoms with Gasteiger partial charge in [0, 0.05) is 13.1 Å². The highest BCUT2D eigenvalue weighted by molar-refractivity contribution is 5.63. The molecule has 0 bridgehead atoms. The summed E-state index contributed by atoms with van der Waals surface area (Å²) in [4.78, 5) is 10.6. The molecule has 1 aromatic heterocycles. The predicted molar refractivity (Wildman–Crippen MR) is 40.7 cm³/mol. The van der Waals surface area contributed by atoms with Crippen LogP contribution in [-0.4, -0.2) is 23.0 Å². The third kappa shape index (κ3) is 1.66. The van der Waals surface area contributed by atoms with E-state index in [2.05, 4.69) is 14.6 Å². The number of ether oxygens (including phenoxy) is 2. The predicted octanol–water partition coefficient (Wildman–Crippen LogP) is 0.147. The van der Waals surface area contributed by atoms with Crippen molar-refractivity contribution >= 4 is 12.0 Å². The van der Waals surface area contributed by atoms with E-state index in [1.165, 1.54) is 17.9 Å². The average Bonchev–Trinajstić information content (AvgIpc) is 2.30. The molecule has 0 unspecified atom stereocenters. The molecule has 1 aromatic rings. The molecule has 0 radical (unpaired) electrons. The van der Waals surface area contributed by atoms with Gasteiger partial charge in [-0.25, -0.2) is 9.48 Å². The number of nitrogens with zero attached hydrogens (tertiary/aromatic N) is 2. The second-order valence-corrected chi connectivity index (χ2v) is 2.09. The van der Waals surface area contributed by atoms with Gasteiger partial charge in [-0.15, -0.1) is 0 Å². The Hall–Kier alpha value is -1.72. The Bertz CT molecular complexity index is 294. The van der Waals surface area contributed by atoms with Gasteiger partial charge in [0.2, 0.25) is 5.88 Å². The molecule has 66 valence electrons. The van der Waals surface area contributed by atoms with Crippen LogP contribution in [0.25, 0.3) is 0 Å². The Labute approximate surface area is 68.9 Å². The van der Waals surface area contributed by atoms with Crippen LogP contribution in [0.5, 0.6) is 5.88 Å². The molecule has 12 heavy (non-hydrogen) atoms. The number of aromatic nitrogens is 2. The molecule has 1 rings (SSSR count). The molecule has 0 aromatic carbocycles. The van der Waals surface area contributed by atoms with Crippen LogP contribution in [-0.2, 0) is 11.8 Å². The summed E-state index contributed by atoms with van der Waals surface area (Å²) in [6.45, 7) is 0. The number of carbonyl (C=O) groups is 1. The molecule has 0 atom stereocenters. The SMILES string of the molecule is COC(=O)Oc1cc(N)nn1C. The zero-order valence-corrected chi connectivity index (χ0v) is 6.77. The number of nitrogens with two attached hydrogens (primary N) is 1. The van der Waals surface area contributed by atoms with E-state index < -0.39 is 6.16 Å². The Morgan fingerprint density at radius 3 is 2.83 bits per heavy atom. The number of carbonyl (C=O) groups excluding carboxylic acids is 1. The monoisotopic (exact) mass is 171 g/mol. The number of methoxy groups -OCH3 is 1. The van der Waals surface area contributed by atoms with Crippen molar-refractivity contribution in [3.63, 3.8) is 0 Å². The summed E-state index contributed by atoms with van der Waals surface area (Å²) >= 11 is 0. The van der Waals surface area contributed by atoms with Crippen molar-refractivity contribution in [1.82, 2.24) is 9.78 Å². The van der Waals surface area contributed by atoms with Gasteiger partial charge in [-0.1, -0.05) is 0 Å². The maximum Gasteiger partial charge on any atom is 0.514 e. The molecule has 0 aliphatic rings. The number of rotatable bonds is 1. The minimum Gasteiger partial charge on any atom is -0.437 e. The number of aryl methyl sites for hydroxylation is 1. The fourth-order valence-corrected chi connectivity index (χ4v) is 0.694. The summed E-state index contributed by atoms with van der Waals surface area (Å²) in [7, 11) is 2.83. The number of anilines is 1. The lowest BCUT2D eigenvalue weighted by atomic mass is 10.6. The molecule has 2 N–H and O–H groups in total. The number of nitrogen functional groups attached to an aromatic ring is 1. The van der Waals surface area contributed by atoms with Gasteiger partial charge in [0.25, 0.3) is 0 Å². The van der Waals surface area contributed by atoms with Crippen LogP contribution in [0.1, 0.15) is 0 Å². The van der Waals surface area contributed by atoms with E-state index in [9.17, 15) is 4.79 Å². The maximum absolute atomic E-state index is 10.6. The molecular weight excluding hydrogens is 162 g/mol. The van der Waals surface area contributed by atoms with Crippen molar-refractivity contribution in [2.45, 2.75) is 0 Å². The molecule has 0 fully saturated rings. The number of hydrogen-bond acceptors (Lipinski definition) is 5. The minimum atomic E-state index is -0.794. The normalized spacial score (nSPS) is 9.50. The average molecular weight is 171 g/mol. The second-order valence-electron chi connectivity index (χ2n) is 2.09. The summed E-state index contributed by atoms with van der Waals surface area (Å²) < 4.78 is 10.3. The van der Waals surface area contributed by atoms with Gasteiger partial charge in [0.1, 0.15) is 5.82 Å². The highest BCUT2D eigenvalue weighted by Gasteiger charge is 2.08. The second kappa shape index (κ2) is 3.12. The van der Waals surface area contributed by atoms with Crippen molar-refractivity contribution < 1.29 is 14.3 Å². The van der Waals surface area contributed by atoms with Gasteiger partial charge in [-0.05, 0) is 0 Å². The highest BCUT2D eigenvalue weighted by atomic mass is 16.7. The highest BCUT2D eigenvalue weighted by Crippen LogP contribution is 2.13. The van der Waals surface area contributed by atoms with E-state index in [1.54, 1.807) is 7.05 Å². The Morgan fingerprint density at radius 1 is 1.75 bits per heavy atom. The summed E-state index contributed by atoms with van der Waals surface area (Å²) in [5, 5.41) is 3.76. The fraction of sp³-hybridized carbons (Fsp3) is 0.333. The van der Waals surface area contributed by atoms with Gasteiger partial charge < -0.3 is 15.2 Å². The molecule has 0 spiro atoms. The zero-order valence-electron chi connectivity index (χ0n) is 6.77. The Balaban J connectivity index is 2.75. The van der Waals surface area contributed by atoms with Gasteiger partial charge in [-0.2, -0.15) is 5.10 Å². The van der Waals surface area contributed by atoms with E-state index in [0.717, 1.165) is 0 Å². The first kappa shape index (κ1) is 8.38. The molecule has 1 heterocycles. The lowest BCUT2D eigenvalue weighted by molar-refractivity contribution is 0.118. The van der Waals surface area contributed by atoms with E-state index in [1.807, 2.05) is 0 Å². The lowest BCUT2D eigenvalue weighted by Gasteiger charge is -2.00. The van der Waals surface area contributed by atoms with E-state index >= 15 is 0 Å². The molecule has 0 saturated heterocycles. The van der Waals surface area contributed by atoms with Crippen LogP contribution in [0, 0.1) is 0 Å². The van der Waals surface area contributed by atoms with Gasteiger partial charge in [-0.3, -0.25) is 0 Å². The quantitative estimate of drug-likeness (QED) is 0.608. The fourth-order valence-electron chi connectivity index (χ4n) is 0.694. The van der Waals surface area contributed by atoms with Crippen LogP contribution in [0.4, 0.5) is 10.6 Å². The zero-order chi connectivity index (χ0) is 9.14. The van der Waals surface area contributed by atoms with Crippen LogP contribution in [0.2, 0.25) is 0 Å². The van der Waals surface area contributed by atoms with Gasteiger partial charge in [0.15, 0.2) is 0 Å². The molecule has 0 aliphatic carbocycles. The summed E-state index contributed by atoms with van der Waals surface area (Å²) in [6.07, 6.45) is -0.794. The summed E-state index contributed by atoms with van der Waals surface area (Å²) in [6, 6.07) is 1.43. The van der Waals surface area contributed by atoms with Crippen LogP contribution < -0.4 is 10.5 Å². The van der Waals surface area contributed by atoms with Crippen molar-refractivity contribution in [1.29, 1.82) is 0 Å². The van der Waals surface area contributed by atoms with Crippen LogP contribution in [0.15, 0.2) is 6.07 Å². The third-order valence-corrected chi connectivity index (χ3v) is 1.21. The van der Waals surface area contributed by atoms with E-state index in [-0.39, 0.29) is 11.7 Å². The standard InChI is InChI=1S/C6H9N3O3/c1-9-5(3-4(7)8-9)12-6(10)11-2/h3H,1-2H3,(H2,7,8). The molecule has 0 amide bonds. The van der Waals surface area contributed by atoms with Gasteiger partial charge in [0.05, 0.1) is 7.11 Å². The van der Waals surface area contributed by atoms with Crippen molar-refractivity contribution in [2.24, 2.45) is 7.05 Å². The van der Waals surface area contributed by atoms with Crippen molar-refractivity contribution in [3.8, 4) is 5.88 Å². The van der Waals surface area contributed by atoms with E-state index in [4.69, 9.17) is 5.73 Å². The molecule has 0 aliphatic heterocycles. The first-order valence-corrected chi connectivity index (χ1v) is 3.19. The minimum absolute atomic E-state index is 0.249. The molecule has 6 heteroatoms. The summed E-state index contributed by atoms with van der Waals surface area (Å²) in [5.74, 6) is 0.538. The Kier molecular flexibility index (Phi) is 2.18. The first-order valence-electron chi connectivity index (χ1n) is 3.19. The van der Waals surface area contributed by atoms with E-state index in [0.29, 0.717) is 0 Å². The largest absolute Gasteiger partial charge is 0.514 e. The first-order chi connectivity index (χ1) is 5.63.